The summed E-state index contributed by atoms with van der Waals surface area (Å²) in [5.74, 6) is 0.110. The van der Waals surface area contributed by atoms with Gasteiger partial charge in [-0.15, -0.1) is 0 Å². The summed E-state index contributed by atoms with van der Waals surface area (Å²) in [4.78, 5) is 11.5. The van der Waals surface area contributed by atoms with Gasteiger partial charge in [0.1, 0.15) is 0 Å². The van der Waals surface area contributed by atoms with E-state index in [9.17, 15) is 4.79 Å². The van der Waals surface area contributed by atoms with Gasteiger partial charge in [-0.3, -0.25) is 4.57 Å². The van der Waals surface area contributed by atoms with Crippen molar-refractivity contribution in [3.8, 4) is 0 Å². The summed E-state index contributed by atoms with van der Waals surface area (Å²) in [6.45, 7) is 6.23. The van der Waals surface area contributed by atoms with Crippen LogP contribution in [0.25, 0.3) is 12.2 Å². The molecule has 0 aromatic carbocycles. The Labute approximate surface area is 102 Å². The van der Waals surface area contributed by atoms with Crippen molar-refractivity contribution in [1.82, 2.24) is 4.57 Å². The maximum Gasteiger partial charge on any atom is 0.419 e. The Morgan fingerprint density at radius 1 is 1.47 bits per heavy atom. The number of hydrogen-bond donors (Lipinski definition) is 0. The Balaban J connectivity index is 3.34. The smallest absolute Gasteiger partial charge is 0.408 e. The summed E-state index contributed by atoms with van der Waals surface area (Å²) >= 11 is 0. The summed E-state index contributed by atoms with van der Waals surface area (Å²) in [5.41, 5.74) is 0.677. The molecule has 17 heavy (non-hydrogen) atoms. The highest BCUT2D eigenvalue weighted by molar-refractivity contribution is 5.35. The van der Waals surface area contributed by atoms with Crippen LogP contribution in [0.15, 0.2) is 21.4 Å². The van der Waals surface area contributed by atoms with E-state index in [-0.39, 0.29) is 5.76 Å². The molecule has 0 saturated carbocycles. The van der Waals surface area contributed by atoms with E-state index in [2.05, 4.69) is 13.8 Å². The molecule has 0 saturated heterocycles. The first-order chi connectivity index (χ1) is 8.10. The molecule has 0 aliphatic rings. The number of rotatable bonds is 4. The lowest BCUT2D eigenvalue weighted by Gasteiger charge is -1.99. The third-order valence-electron chi connectivity index (χ3n) is 2.71. The van der Waals surface area contributed by atoms with Gasteiger partial charge in [0.05, 0.1) is 5.35 Å². The van der Waals surface area contributed by atoms with E-state index in [0.29, 0.717) is 11.3 Å². The van der Waals surface area contributed by atoms with Crippen molar-refractivity contribution in [2.45, 2.75) is 33.6 Å². The van der Waals surface area contributed by atoms with Crippen molar-refractivity contribution in [3.05, 3.63) is 33.5 Å². The van der Waals surface area contributed by atoms with Gasteiger partial charge < -0.3 is 4.42 Å². The lowest BCUT2D eigenvalue weighted by Crippen LogP contribution is -2.30. The molecule has 1 atom stereocenters. The Bertz CT molecular complexity index is 546. The number of aromatic nitrogens is 1. The maximum absolute atomic E-state index is 11.5. The highest BCUT2D eigenvalue weighted by Crippen LogP contribution is 2.04. The zero-order chi connectivity index (χ0) is 12.8. The SMILES string of the molecule is CC=CC=c1c(=CC(C)CCC)oc(=O)n1C. The fourth-order valence-electron chi connectivity index (χ4n) is 1.78. The zero-order valence-electron chi connectivity index (χ0n) is 11.1. The summed E-state index contributed by atoms with van der Waals surface area (Å²) in [6.07, 6.45) is 9.99. The van der Waals surface area contributed by atoms with E-state index in [0.717, 1.165) is 18.2 Å². The van der Waals surface area contributed by atoms with Crippen LogP contribution in [-0.4, -0.2) is 4.57 Å². The Kier molecular flexibility index (Phi) is 5.01. The van der Waals surface area contributed by atoms with Crippen LogP contribution in [0.4, 0.5) is 0 Å². The summed E-state index contributed by atoms with van der Waals surface area (Å²) < 4.78 is 6.78. The summed E-state index contributed by atoms with van der Waals surface area (Å²) in [7, 11) is 1.73. The molecular formula is C14H21NO2. The lowest BCUT2D eigenvalue weighted by atomic mass is 10.1. The molecule has 0 aliphatic carbocycles. The van der Waals surface area contributed by atoms with Gasteiger partial charge >= 0.3 is 5.76 Å². The maximum atomic E-state index is 11.5. The van der Waals surface area contributed by atoms with Gasteiger partial charge in [0.25, 0.3) is 0 Å². The molecule has 3 nitrogen and oxygen atoms in total. The van der Waals surface area contributed by atoms with Crippen LogP contribution in [0.5, 0.6) is 0 Å². The molecule has 1 aromatic heterocycles. The molecule has 1 rings (SSSR count). The summed E-state index contributed by atoms with van der Waals surface area (Å²) in [5, 5.41) is 0.830. The molecule has 0 aliphatic heterocycles. The lowest BCUT2D eigenvalue weighted by molar-refractivity contribution is 0.466. The summed E-state index contributed by atoms with van der Waals surface area (Å²) in [6, 6.07) is 0. The number of oxazole rings is 1. The number of hydrogen-bond acceptors (Lipinski definition) is 2. The Morgan fingerprint density at radius 3 is 2.76 bits per heavy atom. The van der Waals surface area contributed by atoms with Crippen LogP contribution >= 0.6 is 0 Å². The first-order valence-electron chi connectivity index (χ1n) is 6.10. The normalized spacial score (nSPS) is 16.0. The predicted octanol–water partition coefficient (Wildman–Crippen LogP) is 1.55. The van der Waals surface area contributed by atoms with Gasteiger partial charge in [-0.05, 0) is 31.4 Å². The molecule has 0 N–H and O–H groups in total. The Morgan fingerprint density at radius 2 is 2.18 bits per heavy atom. The van der Waals surface area contributed by atoms with Crippen LogP contribution in [0.2, 0.25) is 0 Å². The van der Waals surface area contributed by atoms with E-state index in [1.165, 1.54) is 4.57 Å². The molecular weight excluding hydrogens is 214 g/mol. The van der Waals surface area contributed by atoms with Crippen LogP contribution in [0, 0.1) is 5.92 Å². The van der Waals surface area contributed by atoms with E-state index in [1.54, 1.807) is 7.05 Å². The molecule has 1 heterocycles. The predicted molar refractivity (Wildman–Crippen MR) is 71.0 cm³/mol. The standard InChI is InChI=1S/C14H21NO2/c1-5-7-9-12-13(10-11(3)8-6-2)17-14(16)15(12)4/h5,7,9-11H,6,8H2,1-4H3. The molecule has 1 unspecified atom stereocenters. The van der Waals surface area contributed by atoms with Gasteiger partial charge in [0.2, 0.25) is 0 Å². The molecule has 0 radical (unpaired) electrons. The molecule has 0 bridgehead atoms. The van der Waals surface area contributed by atoms with E-state index in [1.807, 2.05) is 31.2 Å². The number of nitrogens with zero attached hydrogens (tertiary/aromatic N) is 1. The highest BCUT2D eigenvalue weighted by atomic mass is 16.4. The topological polar surface area (TPSA) is 35.1 Å². The number of allylic oxidation sites excluding steroid dienone is 2. The van der Waals surface area contributed by atoms with E-state index < -0.39 is 0 Å². The largest absolute Gasteiger partial charge is 0.419 e. The Hall–Kier alpha value is -1.51. The van der Waals surface area contributed by atoms with Gasteiger partial charge in [-0.1, -0.05) is 32.4 Å². The third-order valence-corrected chi connectivity index (χ3v) is 2.71. The van der Waals surface area contributed by atoms with Crippen LogP contribution in [-0.2, 0) is 7.05 Å². The van der Waals surface area contributed by atoms with Crippen molar-refractivity contribution >= 4 is 12.2 Å². The second kappa shape index (κ2) is 6.28. The minimum Gasteiger partial charge on any atom is -0.408 e. The molecule has 3 heteroatoms. The van der Waals surface area contributed by atoms with Crippen molar-refractivity contribution in [2.24, 2.45) is 13.0 Å². The van der Waals surface area contributed by atoms with E-state index >= 15 is 0 Å². The van der Waals surface area contributed by atoms with Crippen molar-refractivity contribution < 1.29 is 4.42 Å². The molecule has 1 aromatic rings. The van der Waals surface area contributed by atoms with Gasteiger partial charge in [0, 0.05) is 7.05 Å². The van der Waals surface area contributed by atoms with E-state index in [4.69, 9.17) is 4.42 Å². The molecule has 0 amide bonds. The van der Waals surface area contributed by atoms with Crippen LogP contribution in [0.1, 0.15) is 33.6 Å². The van der Waals surface area contributed by atoms with Crippen LogP contribution < -0.4 is 16.5 Å². The molecule has 0 fully saturated rings. The van der Waals surface area contributed by atoms with Crippen molar-refractivity contribution in [1.29, 1.82) is 0 Å². The minimum atomic E-state index is -0.310. The zero-order valence-corrected chi connectivity index (χ0v) is 11.1. The highest BCUT2D eigenvalue weighted by Gasteiger charge is 2.02. The minimum absolute atomic E-state index is 0.310. The second-order valence-electron chi connectivity index (χ2n) is 4.30. The average molecular weight is 235 g/mol. The first-order valence-corrected chi connectivity index (χ1v) is 6.10. The first kappa shape index (κ1) is 13.6. The third kappa shape index (κ3) is 3.48. The molecule has 94 valence electrons. The van der Waals surface area contributed by atoms with Gasteiger partial charge in [-0.25, -0.2) is 4.79 Å². The second-order valence-corrected chi connectivity index (χ2v) is 4.30. The van der Waals surface area contributed by atoms with Crippen molar-refractivity contribution in [2.75, 3.05) is 0 Å². The quantitative estimate of drug-likeness (QED) is 0.793. The van der Waals surface area contributed by atoms with Crippen molar-refractivity contribution in [3.63, 3.8) is 0 Å². The average Bonchev–Trinajstić information content (AvgIpc) is 2.53. The van der Waals surface area contributed by atoms with Gasteiger partial charge in [0.15, 0.2) is 5.42 Å². The fourth-order valence-corrected chi connectivity index (χ4v) is 1.78. The monoisotopic (exact) mass is 235 g/mol. The van der Waals surface area contributed by atoms with Crippen LogP contribution in [0.3, 0.4) is 0 Å². The molecule has 0 spiro atoms. The fraction of sp³-hybridized carbons (Fsp3) is 0.500. The van der Waals surface area contributed by atoms with Gasteiger partial charge in [-0.2, -0.15) is 0 Å².